The van der Waals surface area contributed by atoms with Crippen LogP contribution in [0, 0.1) is 6.92 Å². The molecule has 1 aromatic heterocycles. The number of nitrogens with zero attached hydrogens (tertiary/aromatic N) is 1. The van der Waals surface area contributed by atoms with Crippen molar-refractivity contribution < 1.29 is 9.63 Å². The van der Waals surface area contributed by atoms with Crippen LogP contribution in [-0.2, 0) is 0 Å². The predicted molar refractivity (Wildman–Crippen MR) is 83.8 cm³/mol. The molecule has 108 valence electrons. The van der Waals surface area contributed by atoms with E-state index < -0.39 is 0 Å². The van der Waals surface area contributed by atoms with Gasteiger partial charge in [0.05, 0.1) is 0 Å². The highest BCUT2D eigenvalue weighted by molar-refractivity contribution is 9.10. The Morgan fingerprint density at radius 2 is 2.05 bits per heavy atom. The van der Waals surface area contributed by atoms with E-state index in [0.29, 0.717) is 0 Å². The lowest BCUT2D eigenvalue weighted by Crippen LogP contribution is -2.16. The van der Waals surface area contributed by atoms with E-state index in [4.69, 9.17) is 9.63 Å². The summed E-state index contributed by atoms with van der Waals surface area (Å²) in [7, 11) is 0. The highest BCUT2D eigenvalue weighted by Crippen LogP contribution is 2.32. The molecule has 0 spiro atoms. The first-order chi connectivity index (χ1) is 9.61. The maximum absolute atomic E-state index is 8.89. The first-order valence-corrected chi connectivity index (χ1v) is 7.50. The summed E-state index contributed by atoms with van der Waals surface area (Å²) < 4.78 is 6.48. The lowest BCUT2D eigenvalue weighted by molar-refractivity contribution is 0.282. The summed E-state index contributed by atoms with van der Waals surface area (Å²) in [4.78, 5) is 0. The molecule has 0 amide bonds. The fourth-order valence-electron chi connectivity index (χ4n) is 2.05. The van der Waals surface area contributed by atoms with Crippen LogP contribution in [0.4, 0.5) is 5.69 Å². The Morgan fingerprint density at radius 3 is 2.70 bits per heavy atom. The lowest BCUT2D eigenvalue weighted by atomic mass is 10.1. The topological polar surface area (TPSA) is 58.3 Å². The van der Waals surface area contributed by atoms with E-state index in [1.165, 1.54) is 0 Å². The van der Waals surface area contributed by atoms with Gasteiger partial charge in [0.25, 0.3) is 0 Å². The number of aryl methyl sites for hydroxylation is 1. The number of anilines is 1. The third kappa shape index (κ3) is 3.61. The Morgan fingerprint density at radius 1 is 1.35 bits per heavy atom. The normalized spacial score (nSPS) is 12.4. The summed E-state index contributed by atoms with van der Waals surface area (Å²) in [6.07, 6.45) is 1.69. The molecule has 2 N–H and O–H groups in total. The Balaban J connectivity index is 2.21. The van der Waals surface area contributed by atoms with Crippen molar-refractivity contribution in [3.05, 3.63) is 34.4 Å². The first-order valence-electron chi connectivity index (χ1n) is 6.71. The van der Waals surface area contributed by atoms with Crippen molar-refractivity contribution in [3.63, 3.8) is 0 Å². The molecule has 0 fully saturated rings. The third-order valence-corrected chi connectivity index (χ3v) is 3.68. The van der Waals surface area contributed by atoms with Crippen LogP contribution in [0.2, 0.25) is 0 Å². The summed E-state index contributed by atoms with van der Waals surface area (Å²) in [6, 6.07) is 8.20. The van der Waals surface area contributed by atoms with E-state index in [9.17, 15) is 0 Å². The molecular weight excluding hydrogens is 320 g/mol. The van der Waals surface area contributed by atoms with Crippen LogP contribution in [0.15, 0.2) is 33.3 Å². The fraction of sp³-hybridized carbons (Fsp3) is 0.400. The number of hydrogen-bond acceptors (Lipinski definition) is 4. The second kappa shape index (κ2) is 6.90. The molecular formula is C15H19BrN2O2. The van der Waals surface area contributed by atoms with Gasteiger partial charge in [-0.3, -0.25) is 0 Å². The number of nitrogens with one attached hydrogen (secondary N) is 1. The Kier molecular flexibility index (Phi) is 5.20. The zero-order valence-corrected chi connectivity index (χ0v) is 13.3. The molecule has 0 saturated carbocycles. The largest absolute Gasteiger partial charge is 0.396 e. The van der Waals surface area contributed by atoms with Crippen LogP contribution in [0.1, 0.15) is 25.5 Å². The third-order valence-electron chi connectivity index (χ3n) is 3.16. The van der Waals surface area contributed by atoms with Crippen molar-refractivity contribution >= 4 is 21.6 Å². The van der Waals surface area contributed by atoms with Gasteiger partial charge in [0.2, 0.25) is 0 Å². The summed E-state index contributed by atoms with van der Waals surface area (Å²) in [5, 5.41) is 16.4. The van der Waals surface area contributed by atoms with Crippen LogP contribution < -0.4 is 5.32 Å². The van der Waals surface area contributed by atoms with Crippen molar-refractivity contribution in [2.75, 3.05) is 11.9 Å². The number of aromatic nitrogens is 1. The Labute approximate surface area is 127 Å². The molecule has 0 aliphatic heterocycles. The molecule has 4 nitrogen and oxygen atoms in total. The molecule has 0 bridgehead atoms. The van der Waals surface area contributed by atoms with Gasteiger partial charge in [0.15, 0.2) is 5.76 Å². The standard InChI is InChI=1S/C15H19BrN2O2/c1-10(4-3-9-19)17-14-11(2)18-20-15(14)12-5-7-13(16)8-6-12/h5-8,10,17,19H,3-4,9H2,1-2H3. The maximum Gasteiger partial charge on any atom is 0.190 e. The molecule has 1 atom stereocenters. The van der Waals surface area contributed by atoms with Crippen molar-refractivity contribution in [1.29, 1.82) is 0 Å². The number of rotatable bonds is 6. The number of aliphatic hydroxyl groups excluding tert-OH is 1. The Bertz CT molecular complexity index is 552. The van der Waals surface area contributed by atoms with Crippen LogP contribution in [0.25, 0.3) is 11.3 Å². The molecule has 5 heteroatoms. The zero-order chi connectivity index (χ0) is 14.5. The monoisotopic (exact) mass is 338 g/mol. The number of aliphatic hydroxyl groups is 1. The summed E-state index contributed by atoms with van der Waals surface area (Å²) in [5.74, 6) is 0.755. The highest BCUT2D eigenvalue weighted by Gasteiger charge is 2.16. The van der Waals surface area contributed by atoms with Crippen molar-refractivity contribution in [2.24, 2.45) is 0 Å². The van der Waals surface area contributed by atoms with E-state index in [0.717, 1.165) is 40.0 Å². The van der Waals surface area contributed by atoms with Gasteiger partial charge in [-0.25, -0.2) is 0 Å². The summed E-state index contributed by atoms with van der Waals surface area (Å²) in [6.45, 7) is 4.23. The molecule has 2 aromatic rings. The summed E-state index contributed by atoms with van der Waals surface area (Å²) in [5.41, 5.74) is 2.77. The average molecular weight is 339 g/mol. The first kappa shape index (κ1) is 15.1. The van der Waals surface area contributed by atoms with Crippen LogP contribution >= 0.6 is 15.9 Å². The fourth-order valence-corrected chi connectivity index (χ4v) is 2.32. The van der Waals surface area contributed by atoms with Crippen molar-refractivity contribution in [3.8, 4) is 11.3 Å². The van der Waals surface area contributed by atoms with Gasteiger partial charge < -0.3 is 14.9 Å². The van der Waals surface area contributed by atoms with Gasteiger partial charge in [-0.1, -0.05) is 21.1 Å². The minimum Gasteiger partial charge on any atom is -0.396 e. The van der Waals surface area contributed by atoms with Gasteiger partial charge in [-0.15, -0.1) is 0 Å². The van der Waals surface area contributed by atoms with Gasteiger partial charge in [0, 0.05) is 22.7 Å². The Hall–Kier alpha value is -1.33. The molecule has 1 unspecified atom stereocenters. The lowest BCUT2D eigenvalue weighted by Gasteiger charge is -2.14. The van der Waals surface area contributed by atoms with Gasteiger partial charge in [-0.05, 0) is 51.0 Å². The molecule has 0 saturated heterocycles. The second-order valence-corrected chi connectivity index (χ2v) is 5.81. The SMILES string of the molecule is Cc1noc(-c2ccc(Br)cc2)c1NC(C)CCCO. The van der Waals surface area contributed by atoms with Crippen LogP contribution in [0.5, 0.6) is 0 Å². The van der Waals surface area contributed by atoms with Gasteiger partial charge >= 0.3 is 0 Å². The smallest absolute Gasteiger partial charge is 0.190 e. The van der Waals surface area contributed by atoms with E-state index in [2.05, 4.69) is 33.3 Å². The van der Waals surface area contributed by atoms with Gasteiger partial charge in [0.1, 0.15) is 11.4 Å². The van der Waals surface area contributed by atoms with Gasteiger partial charge in [-0.2, -0.15) is 0 Å². The second-order valence-electron chi connectivity index (χ2n) is 4.89. The molecule has 20 heavy (non-hydrogen) atoms. The van der Waals surface area contributed by atoms with E-state index >= 15 is 0 Å². The minimum absolute atomic E-state index is 0.216. The van der Waals surface area contributed by atoms with E-state index in [-0.39, 0.29) is 12.6 Å². The van der Waals surface area contributed by atoms with Crippen molar-refractivity contribution in [1.82, 2.24) is 5.16 Å². The molecule has 1 heterocycles. The molecule has 2 rings (SSSR count). The number of benzene rings is 1. The van der Waals surface area contributed by atoms with Crippen molar-refractivity contribution in [2.45, 2.75) is 32.7 Å². The minimum atomic E-state index is 0.216. The van der Waals surface area contributed by atoms with Crippen LogP contribution in [-0.4, -0.2) is 22.9 Å². The molecule has 0 aliphatic carbocycles. The van der Waals surface area contributed by atoms with E-state index in [1.54, 1.807) is 0 Å². The summed E-state index contributed by atoms with van der Waals surface area (Å²) >= 11 is 3.42. The van der Waals surface area contributed by atoms with Crippen LogP contribution in [0.3, 0.4) is 0 Å². The molecule has 0 radical (unpaired) electrons. The number of hydrogen-bond donors (Lipinski definition) is 2. The highest BCUT2D eigenvalue weighted by atomic mass is 79.9. The quantitative estimate of drug-likeness (QED) is 0.836. The maximum atomic E-state index is 8.89. The predicted octanol–water partition coefficient (Wildman–Crippen LogP) is 3.99. The molecule has 0 aliphatic rings. The van der Waals surface area contributed by atoms with E-state index in [1.807, 2.05) is 31.2 Å². The average Bonchev–Trinajstić information content (AvgIpc) is 2.79. The number of halogens is 1. The zero-order valence-electron chi connectivity index (χ0n) is 11.7. The molecule has 1 aromatic carbocycles.